The van der Waals surface area contributed by atoms with Crippen molar-refractivity contribution in [2.45, 2.75) is 199 Å². The van der Waals surface area contributed by atoms with Gasteiger partial charge in [0.2, 0.25) is 0 Å². The van der Waals surface area contributed by atoms with Crippen molar-refractivity contribution in [3.8, 4) is 0 Å². The van der Waals surface area contributed by atoms with Crippen LogP contribution in [0.4, 0.5) is 0 Å². The molecule has 7 nitrogen and oxygen atoms in total. The van der Waals surface area contributed by atoms with E-state index in [1.54, 1.807) is 0 Å². The Hall–Kier alpha value is -1.45. The molecule has 1 rings (SSSR count). The molecular weight excluding hydrogens is 696 g/mol. The van der Waals surface area contributed by atoms with Crippen molar-refractivity contribution in [3.63, 3.8) is 0 Å². The van der Waals surface area contributed by atoms with Crippen LogP contribution in [0.25, 0.3) is 0 Å². The standard InChI is InChI=1S/C44H74O7S.Na/c1-3-5-7-9-11-13-15-17-19-21-23-25-27-29-31-33-38-50-43(45)40-36-35-37-41(52(47,48)49)42(40)44(46)51-39-34-32-30-28-26-24-22-20-18-16-14-12-10-8-6-4-2;/h25-28,35-37H,3-24,29-34,38-39H2,1-2H3,(H,47,48,49);/q;+1/p-1/b27-25+,28-26+;. The molecule has 298 valence electrons. The number of esters is 2. The quantitative estimate of drug-likeness (QED) is 0.0222. The van der Waals surface area contributed by atoms with E-state index in [1.807, 2.05) is 0 Å². The monoisotopic (exact) mass is 768 g/mol. The Balaban J connectivity index is 0.0000270. The van der Waals surface area contributed by atoms with Gasteiger partial charge in [-0.05, 0) is 76.3 Å². The van der Waals surface area contributed by atoms with Crippen LogP contribution < -0.4 is 29.6 Å². The second-order valence-corrected chi connectivity index (χ2v) is 15.6. The SMILES string of the molecule is CCCCCCCCCCCC/C=C/CCCCOC(=O)c1cccc(S(=O)(=O)[O-])c1C(=O)OCCCC/C=C/CCCCCCCCCCCC.[Na+]. The fourth-order valence-electron chi connectivity index (χ4n) is 6.30. The minimum atomic E-state index is -5.02. The van der Waals surface area contributed by atoms with Crippen molar-refractivity contribution in [1.29, 1.82) is 0 Å². The maximum atomic E-state index is 13.0. The second kappa shape index (κ2) is 36.2. The van der Waals surface area contributed by atoms with E-state index in [1.165, 1.54) is 141 Å². The van der Waals surface area contributed by atoms with Gasteiger partial charge in [-0.25, -0.2) is 18.0 Å². The van der Waals surface area contributed by atoms with Crippen LogP contribution in [0.3, 0.4) is 0 Å². The minimum Gasteiger partial charge on any atom is -0.744 e. The Morgan fingerprint density at radius 1 is 0.528 bits per heavy atom. The molecule has 0 atom stereocenters. The number of carbonyl (C=O) groups excluding carboxylic acids is 2. The maximum absolute atomic E-state index is 13.0. The molecule has 0 heterocycles. The first kappa shape index (κ1) is 51.5. The molecule has 0 aliphatic carbocycles. The van der Waals surface area contributed by atoms with Crippen molar-refractivity contribution < 1.29 is 61.6 Å². The second-order valence-electron chi connectivity index (χ2n) is 14.3. The smallest absolute Gasteiger partial charge is 0.744 e. The molecule has 0 amide bonds. The van der Waals surface area contributed by atoms with Gasteiger partial charge >= 0.3 is 41.5 Å². The summed E-state index contributed by atoms with van der Waals surface area (Å²) in [5.74, 6) is -1.85. The molecule has 0 aliphatic rings. The Kier molecular flexibility index (Phi) is 35.2. The van der Waals surface area contributed by atoms with Gasteiger partial charge < -0.3 is 14.0 Å². The first-order chi connectivity index (χ1) is 25.3. The molecule has 53 heavy (non-hydrogen) atoms. The van der Waals surface area contributed by atoms with Crippen molar-refractivity contribution in [3.05, 3.63) is 53.6 Å². The number of ether oxygens (including phenoxy) is 2. The molecule has 0 saturated heterocycles. The Labute approximate surface area is 347 Å². The first-order valence-electron chi connectivity index (χ1n) is 21.1. The third-order valence-electron chi connectivity index (χ3n) is 9.50. The molecule has 0 aromatic heterocycles. The van der Waals surface area contributed by atoms with E-state index in [0.29, 0.717) is 12.8 Å². The van der Waals surface area contributed by atoms with Gasteiger partial charge in [-0.15, -0.1) is 0 Å². The fourth-order valence-corrected chi connectivity index (χ4v) is 6.99. The number of unbranched alkanes of at least 4 members (excludes halogenated alkanes) is 24. The number of allylic oxidation sites excluding steroid dienone is 4. The van der Waals surface area contributed by atoms with Gasteiger partial charge in [0.15, 0.2) is 0 Å². The average molecular weight is 769 g/mol. The topological polar surface area (TPSA) is 110 Å². The molecule has 0 unspecified atom stereocenters. The maximum Gasteiger partial charge on any atom is 1.00 e. The first-order valence-corrected chi connectivity index (χ1v) is 22.5. The molecule has 0 fully saturated rings. The fraction of sp³-hybridized carbons (Fsp3) is 0.727. The molecule has 9 heteroatoms. The predicted molar refractivity (Wildman–Crippen MR) is 214 cm³/mol. The van der Waals surface area contributed by atoms with Gasteiger partial charge in [0.1, 0.15) is 10.1 Å². The van der Waals surface area contributed by atoms with E-state index in [9.17, 15) is 22.6 Å². The summed E-state index contributed by atoms with van der Waals surface area (Å²) >= 11 is 0. The van der Waals surface area contributed by atoms with E-state index in [4.69, 9.17) is 9.47 Å². The number of benzene rings is 1. The van der Waals surface area contributed by atoms with E-state index in [0.717, 1.165) is 44.6 Å². The molecule has 0 aliphatic heterocycles. The summed E-state index contributed by atoms with van der Waals surface area (Å²) in [5, 5.41) is 0. The summed E-state index contributed by atoms with van der Waals surface area (Å²) < 4.78 is 46.6. The van der Waals surface area contributed by atoms with Gasteiger partial charge in [-0.2, -0.15) is 0 Å². The molecule has 1 aromatic rings. The van der Waals surface area contributed by atoms with Crippen LogP contribution in [-0.2, 0) is 19.6 Å². The van der Waals surface area contributed by atoms with E-state index in [-0.39, 0.29) is 48.3 Å². The molecule has 0 radical (unpaired) electrons. The average Bonchev–Trinajstić information content (AvgIpc) is 3.13. The zero-order valence-electron chi connectivity index (χ0n) is 34.0. The molecule has 1 aromatic carbocycles. The molecule has 0 bridgehead atoms. The van der Waals surface area contributed by atoms with Gasteiger partial charge in [0.05, 0.1) is 29.2 Å². The van der Waals surface area contributed by atoms with Crippen LogP contribution in [-0.4, -0.2) is 38.1 Å². The van der Waals surface area contributed by atoms with Crippen molar-refractivity contribution in [2.75, 3.05) is 13.2 Å². The molecular formula is C44H73NaO7S. The Bertz CT molecular complexity index is 1210. The van der Waals surface area contributed by atoms with Crippen LogP contribution in [0.2, 0.25) is 0 Å². The summed E-state index contributed by atoms with van der Waals surface area (Å²) in [7, 11) is -5.02. The van der Waals surface area contributed by atoms with Crippen LogP contribution in [0.15, 0.2) is 47.4 Å². The van der Waals surface area contributed by atoms with Crippen LogP contribution in [0.1, 0.15) is 214 Å². The van der Waals surface area contributed by atoms with Crippen LogP contribution in [0.5, 0.6) is 0 Å². The third-order valence-corrected chi connectivity index (χ3v) is 10.4. The molecule has 0 spiro atoms. The van der Waals surface area contributed by atoms with Crippen LogP contribution >= 0.6 is 0 Å². The van der Waals surface area contributed by atoms with Crippen molar-refractivity contribution in [2.24, 2.45) is 0 Å². The number of carbonyl (C=O) groups is 2. The van der Waals surface area contributed by atoms with E-state index >= 15 is 0 Å². The zero-order chi connectivity index (χ0) is 38.0. The minimum absolute atomic E-state index is 0. The van der Waals surface area contributed by atoms with Gasteiger partial charge in [0.25, 0.3) is 0 Å². The summed E-state index contributed by atoms with van der Waals surface area (Å²) in [6, 6.07) is 3.58. The predicted octanol–water partition coefficient (Wildman–Crippen LogP) is 9.98. The van der Waals surface area contributed by atoms with Crippen molar-refractivity contribution in [1.82, 2.24) is 0 Å². The van der Waals surface area contributed by atoms with E-state index in [2.05, 4.69) is 38.2 Å². The third kappa shape index (κ3) is 28.6. The summed E-state index contributed by atoms with van der Waals surface area (Å²) in [4.78, 5) is 25.1. The number of hydrogen-bond donors (Lipinski definition) is 0. The summed E-state index contributed by atoms with van der Waals surface area (Å²) in [6.45, 7) is 4.68. The van der Waals surface area contributed by atoms with Crippen molar-refractivity contribution >= 4 is 22.1 Å². The molecule has 0 N–H and O–H groups in total. The van der Waals surface area contributed by atoms with E-state index < -0.39 is 32.5 Å². The molecule has 0 saturated carbocycles. The number of rotatable bonds is 35. The summed E-state index contributed by atoms with van der Waals surface area (Å²) in [6.07, 6.45) is 42.0. The zero-order valence-corrected chi connectivity index (χ0v) is 36.8. The van der Waals surface area contributed by atoms with Gasteiger partial charge in [-0.3, -0.25) is 0 Å². The largest absolute Gasteiger partial charge is 1.00 e. The van der Waals surface area contributed by atoms with Crippen LogP contribution in [0, 0.1) is 0 Å². The van der Waals surface area contributed by atoms with Gasteiger partial charge in [-0.1, -0.05) is 160 Å². The Morgan fingerprint density at radius 2 is 0.868 bits per heavy atom. The Morgan fingerprint density at radius 3 is 1.25 bits per heavy atom. The summed E-state index contributed by atoms with van der Waals surface area (Å²) in [5.41, 5.74) is -0.818. The number of hydrogen-bond acceptors (Lipinski definition) is 7. The normalized spacial score (nSPS) is 11.7. The van der Waals surface area contributed by atoms with Gasteiger partial charge in [0, 0.05) is 0 Å².